The molecule has 1 spiro atoms. The van der Waals surface area contributed by atoms with Gasteiger partial charge in [-0.3, -0.25) is 4.79 Å². The number of amides is 1. The highest BCUT2D eigenvalue weighted by molar-refractivity contribution is 7.89. The zero-order valence-electron chi connectivity index (χ0n) is 18.1. The van der Waals surface area contributed by atoms with Crippen LogP contribution in [0.5, 0.6) is 0 Å². The van der Waals surface area contributed by atoms with Crippen molar-refractivity contribution in [3.8, 4) is 0 Å². The van der Waals surface area contributed by atoms with Gasteiger partial charge in [0.25, 0.3) is 10.0 Å². The van der Waals surface area contributed by atoms with E-state index in [4.69, 9.17) is 0 Å². The maximum Gasteiger partial charge on any atom is 0.262 e. The Morgan fingerprint density at radius 3 is 2.40 bits per heavy atom. The Labute approximate surface area is 179 Å². The van der Waals surface area contributed by atoms with Gasteiger partial charge in [-0.2, -0.15) is 4.31 Å². The van der Waals surface area contributed by atoms with Gasteiger partial charge in [-0.05, 0) is 56.9 Å². The highest BCUT2D eigenvalue weighted by Crippen LogP contribution is 2.62. The molecule has 0 N–H and O–H groups in total. The van der Waals surface area contributed by atoms with Gasteiger partial charge in [0.1, 0.15) is 0 Å². The predicted molar refractivity (Wildman–Crippen MR) is 112 cm³/mol. The van der Waals surface area contributed by atoms with Crippen molar-refractivity contribution in [2.45, 2.75) is 43.6 Å². The maximum atomic E-state index is 13.6. The Kier molecular flexibility index (Phi) is 4.79. The highest BCUT2D eigenvalue weighted by Gasteiger charge is 2.64. The number of piperidine rings is 1. The molecule has 8 nitrogen and oxygen atoms in total. The number of imidazole rings is 1. The van der Waals surface area contributed by atoms with Crippen LogP contribution in [-0.2, 0) is 21.9 Å². The number of likely N-dealkylation sites (tertiary alicyclic amines) is 2. The minimum atomic E-state index is -3.55. The molecular formula is C21H33N5O3S. The molecule has 1 aromatic rings. The van der Waals surface area contributed by atoms with Crippen molar-refractivity contribution in [2.75, 3.05) is 46.3 Å². The van der Waals surface area contributed by atoms with Crippen molar-refractivity contribution in [2.24, 2.45) is 23.8 Å². The molecule has 0 bridgehead atoms. The topological polar surface area (TPSA) is 78.8 Å². The van der Waals surface area contributed by atoms with Crippen LogP contribution in [0.25, 0.3) is 0 Å². The number of fused-ring (bicyclic) bond motifs is 2. The first kappa shape index (κ1) is 20.5. The Hall–Kier alpha value is -1.45. The van der Waals surface area contributed by atoms with Gasteiger partial charge in [0, 0.05) is 52.5 Å². The minimum absolute atomic E-state index is 0.0796. The molecule has 9 heteroatoms. The van der Waals surface area contributed by atoms with Crippen molar-refractivity contribution in [3.63, 3.8) is 0 Å². The van der Waals surface area contributed by atoms with Crippen LogP contribution in [0.15, 0.2) is 17.6 Å². The summed E-state index contributed by atoms with van der Waals surface area (Å²) in [7, 11) is 0.363. The van der Waals surface area contributed by atoms with E-state index in [9.17, 15) is 13.2 Å². The van der Waals surface area contributed by atoms with Gasteiger partial charge >= 0.3 is 0 Å². The summed E-state index contributed by atoms with van der Waals surface area (Å²) < 4.78 is 29.3. The first-order valence-corrected chi connectivity index (χ1v) is 12.7. The lowest BCUT2D eigenvalue weighted by atomic mass is 9.66. The first-order valence-electron chi connectivity index (χ1n) is 11.2. The zero-order chi connectivity index (χ0) is 21.1. The molecule has 4 aliphatic rings. The van der Waals surface area contributed by atoms with Gasteiger partial charge in [-0.25, -0.2) is 13.4 Å². The number of aromatic nitrogens is 2. The molecule has 0 unspecified atom stereocenters. The predicted octanol–water partition coefficient (Wildman–Crippen LogP) is 1.16. The van der Waals surface area contributed by atoms with Gasteiger partial charge in [0.2, 0.25) is 5.91 Å². The van der Waals surface area contributed by atoms with Crippen LogP contribution in [0.2, 0.25) is 0 Å². The lowest BCUT2D eigenvalue weighted by molar-refractivity contribution is -0.142. The summed E-state index contributed by atoms with van der Waals surface area (Å²) in [5, 5.41) is 0.131. The SMILES string of the molecule is CN1C[C@H]2C3(CCN(S(=O)(=O)c4cn(C)cn4)CC3)CC[C@@]2(C(=O)N2CCCC2)C1. The summed E-state index contributed by atoms with van der Waals surface area (Å²) in [6.07, 6.45) is 9.01. The van der Waals surface area contributed by atoms with Crippen molar-refractivity contribution in [1.82, 2.24) is 23.7 Å². The summed E-state index contributed by atoms with van der Waals surface area (Å²) >= 11 is 0. The van der Waals surface area contributed by atoms with Gasteiger partial charge in [0.15, 0.2) is 5.03 Å². The normalized spacial score (nSPS) is 32.2. The molecule has 2 atom stereocenters. The Morgan fingerprint density at radius 2 is 1.77 bits per heavy atom. The van der Waals surface area contributed by atoms with E-state index in [0.29, 0.717) is 24.9 Å². The van der Waals surface area contributed by atoms with Gasteiger partial charge < -0.3 is 14.4 Å². The smallest absolute Gasteiger partial charge is 0.262 e. The van der Waals surface area contributed by atoms with E-state index in [0.717, 1.165) is 64.7 Å². The van der Waals surface area contributed by atoms with E-state index < -0.39 is 10.0 Å². The van der Waals surface area contributed by atoms with Gasteiger partial charge in [0.05, 0.1) is 11.7 Å². The van der Waals surface area contributed by atoms with Crippen LogP contribution >= 0.6 is 0 Å². The lowest BCUT2D eigenvalue weighted by Gasteiger charge is -2.44. The molecule has 3 aliphatic heterocycles. The number of hydrogen-bond acceptors (Lipinski definition) is 5. The minimum Gasteiger partial charge on any atom is -0.342 e. The average molecular weight is 436 g/mol. The van der Waals surface area contributed by atoms with Crippen LogP contribution in [-0.4, -0.2) is 84.3 Å². The highest BCUT2D eigenvalue weighted by atomic mass is 32.2. The number of aryl methyl sites for hydroxylation is 1. The van der Waals surface area contributed by atoms with Crippen molar-refractivity contribution in [1.29, 1.82) is 0 Å². The molecule has 0 aromatic carbocycles. The molecule has 1 amide bonds. The second-order valence-electron chi connectivity index (χ2n) is 10.0. The van der Waals surface area contributed by atoms with Crippen molar-refractivity contribution < 1.29 is 13.2 Å². The van der Waals surface area contributed by atoms with E-state index in [1.54, 1.807) is 22.1 Å². The largest absolute Gasteiger partial charge is 0.342 e. The molecule has 4 fully saturated rings. The molecule has 1 aliphatic carbocycles. The van der Waals surface area contributed by atoms with Crippen molar-refractivity contribution >= 4 is 15.9 Å². The number of carbonyl (C=O) groups is 1. The molecule has 1 saturated carbocycles. The third kappa shape index (κ3) is 2.96. The molecular weight excluding hydrogens is 402 g/mol. The fraction of sp³-hybridized carbons (Fsp3) is 0.810. The van der Waals surface area contributed by atoms with E-state index in [-0.39, 0.29) is 15.9 Å². The molecule has 0 radical (unpaired) electrons. The van der Waals surface area contributed by atoms with E-state index >= 15 is 0 Å². The van der Waals surface area contributed by atoms with E-state index in [2.05, 4.69) is 21.8 Å². The van der Waals surface area contributed by atoms with Crippen LogP contribution < -0.4 is 0 Å². The number of carbonyl (C=O) groups excluding carboxylic acids is 1. The summed E-state index contributed by atoms with van der Waals surface area (Å²) in [6, 6.07) is 0. The Balaban J connectivity index is 1.36. The van der Waals surface area contributed by atoms with Crippen molar-refractivity contribution in [3.05, 3.63) is 12.5 Å². The third-order valence-corrected chi connectivity index (χ3v) is 10.1. The van der Waals surface area contributed by atoms with Crippen LogP contribution in [0.4, 0.5) is 0 Å². The first-order chi connectivity index (χ1) is 14.3. The Morgan fingerprint density at radius 1 is 1.07 bits per heavy atom. The monoisotopic (exact) mass is 435 g/mol. The molecule has 3 saturated heterocycles. The zero-order valence-corrected chi connectivity index (χ0v) is 18.9. The maximum absolute atomic E-state index is 13.6. The third-order valence-electron chi connectivity index (χ3n) is 8.34. The average Bonchev–Trinajstić information content (AvgIpc) is 3.49. The Bertz CT molecular complexity index is 930. The van der Waals surface area contributed by atoms with Crippen LogP contribution in [0.3, 0.4) is 0 Å². The fourth-order valence-electron chi connectivity index (χ4n) is 6.81. The number of rotatable bonds is 3. The van der Waals surface area contributed by atoms with Gasteiger partial charge in [-0.15, -0.1) is 0 Å². The molecule has 166 valence electrons. The summed E-state index contributed by atoms with van der Waals surface area (Å²) in [5.74, 6) is 0.706. The lowest BCUT2D eigenvalue weighted by Crippen LogP contribution is -2.50. The van der Waals surface area contributed by atoms with Crippen LogP contribution in [0, 0.1) is 16.7 Å². The van der Waals surface area contributed by atoms with E-state index in [1.165, 1.54) is 6.33 Å². The second-order valence-corrected chi connectivity index (χ2v) is 11.9. The molecule has 1 aromatic heterocycles. The number of nitrogens with zero attached hydrogens (tertiary/aromatic N) is 5. The molecule has 4 heterocycles. The van der Waals surface area contributed by atoms with E-state index in [1.807, 2.05) is 0 Å². The second kappa shape index (κ2) is 7.03. The van der Waals surface area contributed by atoms with Gasteiger partial charge in [-0.1, -0.05) is 0 Å². The summed E-state index contributed by atoms with van der Waals surface area (Å²) in [6.45, 7) is 4.65. The standard InChI is InChI=1S/C21H33N5O3S/c1-23-13-17-20(5-6-21(17,15-23)19(27)25-9-3-4-10-25)7-11-26(12-8-20)30(28,29)18-14-24(2)16-22-18/h14,16-17H,3-13,15H2,1-2H3/t17-,21+/m0/s1. The summed E-state index contributed by atoms with van der Waals surface area (Å²) in [5.41, 5.74) is -0.183. The molecule has 30 heavy (non-hydrogen) atoms. The number of hydrogen-bond donors (Lipinski definition) is 0. The fourth-order valence-corrected chi connectivity index (χ4v) is 8.21. The molecule has 5 rings (SSSR count). The quantitative estimate of drug-likeness (QED) is 0.712. The number of sulfonamides is 1. The van der Waals surface area contributed by atoms with Crippen LogP contribution in [0.1, 0.15) is 38.5 Å². The summed E-state index contributed by atoms with van der Waals surface area (Å²) in [4.78, 5) is 22.1.